The lowest BCUT2D eigenvalue weighted by Gasteiger charge is -2.36. The molecule has 3 amide bonds. The number of rotatable bonds is 7. The van der Waals surface area contributed by atoms with Gasteiger partial charge in [0.15, 0.2) is 0 Å². The van der Waals surface area contributed by atoms with E-state index in [1.54, 1.807) is 11.8 Å². The lowest BCUT2D eigenvalue weighted by molar-refractivity contribution is -0.131. The van der Waals surface area contributed by atoms with Crippen LogP contribution in [0.4, 0.5) is 4.79 Å². The Labute approximate surface area is 150 Å². The van der Waals surface area contributed by atoms with E-state index >= 15 is 0 Å². The Hall–Kier alpha value is -1.79. The Morgan fingerprint density at radius 1 is 1.20 bits per heavy atom. The number of unbranched alkanes of at least 4 members (excludes halogenated alkanes) is 2. The van der Waals surface area contributed by atoms with Gasteiger partial charge in [-0.15, -0.1) is 0 Å². The molecule has 0 aromatic carbocycles. The molecule has 0 aromatic heterocycles. The van der Waals surface area contributed by atoms with Gasteiger partial charge in [0, 0.05) is 38.6 Å². The first-order chi connectivity index (χ1) is 12.1. The highest BCUT2D eigenvalue weighted by atomic mass is 16.6. The van der Waals surface area contributed by atoms with Crippen LogP contribution in [0.2, 0.25) is 0 Å². The lowest BCUT2D eigenvalue weighted by Crippen LogP contribution is -2.47. The minimum atomic E-state index is -0.280. The summed E-state index contributed by atoms with van der Waals surface area (Å²) in [6, 6.07) is 0.121. The number of hydrogen-bond donors (Lipinski definition) is 1. The molecule has 0 spiro atoms. The van der Waals surface area contributed by atoms with Crippen molar-refractivity contribution in [3.05, 3.63) is 0 Å². The Bertz CT molecular complexity index is 475. The third-order valence-electron chi connectivity index (χ3n) is 5.04. The van der Waals surface area contributed by atoms with Crippen LogP contribution < -0.4 is 5.32 Å². The summed E-state index contributed by atoms with van der Waals surface area (Å²) >= 11 is 0. The maximum atomic E-state index is 12.3. The molecule has 1 unspecified atom stereocenters. The zero-order valence-corrected chi connectivity index (χ0v) is 15.5. The van der Waals surface area contributed by atoms with Gasteiger partial charge in [-0.05, 0) is 26.2 Å². The van der Waals surface area contributed by atoms with E-state index in [0.717, 1.165) is 32.1 Å². The Morgan fingerprint density at radius 2 is 1.92 bits per heavy atom. The minimum Gasteiger partial charge on any atom is -0.450 e. The normalized spacial score (nSPS) is 21.5. The Morgan fingerprint density at radius 3 is 2.56 bits per heavy atom. The van der Waals surface area contributed by atoms with Crippen LogP contribution in [0.5, 0.6) is 0 Å². The first-order valence-electron chi connectivity index (χ1n) is 9.55. The summed E-state index contributed by atoms with van der Waals surface area (Å²) in [5.74, 6) is -0.184. The summed E-state index contributed by atoms with van der Waals surface area (Å²) in [4.78, 5) is 39.8. The second-order valence-corrected chi connectivity index (χ2v) is 6.86. The number of ether oxygens (including phenoxy) is 1. The standard InChI is InChI=1S/C18H31N3O4/c1-3-5-6-9-19-17(23)14-12-16(22)21(13-14)15-7-10-20(11-8-15)18(24)25-4-2/h14-15H,3-13H2,1-2H3,(H,19,23). The van der Waals surface area contributed by atoms with E-state index in [9.17, 15) is 14.4 Å². The van der Waals surface area contributed by atoms with Gasteiger partial charge in [-0.2, -0.15) is 0 Å². The summed E-state index contributed by atoms with van der Waals surface area (Å²) in [5.41, 5.74) is 0. The molecule has 25 heavy (non-hydrogen) atoms. The van der Waals surface area contributed by atoms with Crippen molar-refractivity contribution in [2.45, 2.75) is 58.4 Å². The van der Waals surface area contributed by atoms with Gasteiger partial charge in [0.1, 0.15) is 0 Å². The van der Waals surface area contributed by atoms with E-state index in [1.807, 2.05) is 4.90 Å². The SMILES string of the molecule is CCCCCNC(=O)C1CC(=O)N(C2CCN(C(=O)OCC)CC2)C1. The predicted octanol–water partition coefficient (Wildman–Crippen LogP) is 1.76. The smallest absolute Gasteiger partial charge is 0.409 e. The van der Waals surface area contributed by atoms with E-state index in [1.165, 1.54) is 0 Å². The van der Waals surface area contributed by atoms with Crippen LogP contribution in [0.3, 0.4) is 0 Å². The zero-order chi connectivity index (χ0) is 18.2. The number of piperidine rings is 1. The third kappa shape index (κ3) is 5.34. The highest BCUT2D eigenvalue weighted by Gasteiger charge is 2.39. The van der Waals surface area contributed by atoms with Gasteiger partial charge in [0.05, 0.1) is 12.5 Å². The molecule has 2 fully saturated rings. The van der Waals surface area contributed by atoms with Gasteiger partial charge in [-0.1, -0.05) is 19.8 Å². The average molecular weight is 353 g/mol. The number of nitrogens with one attached hydrogen (secondary N) is 1. The van der Waals surface area contributed by atoms with Crippen LogP contribution in [0.25, 0.3) is 0 Å². The van der Waals surface area contributed by atoms with Crippen LogP contribution in [0.1, 0.15) is 52.4 Å². The van der Waals surface area contributed by atoms with Crippen molar-refractivity contribution < 1.29 is 19.1 Å². The fourth-order valence-electron chi connectivity index (χ4n) is 3.57. The lowest BCUT2D eigenvalue weighted by atomic mass is 10.0. The Kier molecular flexibility index (Phi) is 7.52. The zero-order valence-electron chi connectivity index (χ0n) is 15.5. The highest BCUT2D eigenvalue weighted by molar-refractivity contribution is 5.89. The average Bonchev–Trinajstić information content (AvgIpc) is 3.01. The van der Waals surface area contributed by atoms with Crippen LogP contribution in [-0.2, 0) is 14.3 Å². The monoisotopic (exact) mass is 353 g/mol. The van der Waals surface area contributed by atoms with E-state index in [0.29, 0.717) is 39.2 Å². The highest BCUT2D eigenvalue weighted by Crippen LogP contribution is 2.26. The second-order valence-electron chi connectivity index (χ2n) is 6.86. The van der Waals surface area contributed by atoms with Gasteiger partial charge in [-0.3, -0.25) is 9.59 Å². The first kappa shape index (κ1) is 19.5. The van der Waals surface area contributed by atoms with Crippen molar-refractivity contribution in [2.75, 3.05) is 32.8 Å². The molecule has 7 heteroatoms. The first-order valence-corrected chi connectivity index (χ1v) is 9.55. The van der Waals surface area contributed by atoms with E-state index in [2.05, 4.69) is 12.2 Å². The molecule has 2 heterocycles. The molecule has 0 aromatic rings. The minimum absolute atomic E-state index is 0.00378. The molecule has 7 nitrogen and oxygen atoms in total. The van der Waals surface area contributed by atoms with Crippen molar-refractivity contribution in [1.29, 1.82) is 0 Å². The molecule has 0 radical (unpaired) electrons. The number of carbonyl (C=O) groups excluding carboxylic acids is 3. The van der Waals surface area contributed by atoms with E-state index in [-0.39, 0.29) is 29.9 Å². The topological polar surface area (TPSA) is 79.0 Å². The molecular formula is C18H31N3O4. The van der Waals surface area contributed by atoms with Gasteiger partial charge in [0.25, 0.3) is 0 Å². The molecule has 2 rings (SSSR count). The fraction of sp³-hybridized carbons (Fsp3) is 0.833. The van der Waals surface area contributed by atoms with Gasteiger partial charge in [0.2, 0.25) is 11.8 Å². The van der Waals surface area contributed by atoms with Crippen molar-refractivity contribution in [2.24, 2.45) is 5.92 Å². The van der Waals surface area contributed by atoms with Crippen LogP contribution >= 0.6 is 0 Å². The van der Waals surface area contributed by atoms with Crippen molar-refractivity contribution in [3.63, 3.8) is 0 Å². The number of amides is 3. The summed E-state index contributed by atoms with van der Waals surface area (Å²) < 4.78 is 5.02. The van der Waals surface area contributed by atoms with Crippen LogP contribution in [0, 0.1) is 5.92 Å². The molecule has 142 valence electrons. The van der Waals surface area contributed by atoms with Gasteiger partial charge >= 0.3 is 6.09 Å². The molecule has 0 aliphatic carbocycles. The van der Waals surface area contributed by atoms with Crippen LogP contribution in [-0.4, -0.2) is 66.5 Å². The number of carbonyl (C=O) groups is 3. The van der Waals surface area contributed by atoms with E-state index in [4.69, 9.17) is 4.74 Å². The van der Waals surface area contributed by atoms with E-state index < -0.39 is 0 Å². The second kappa shape index (κ2) is 9.63. The fourth-order valence-corrected chi connectivity index (χ4v) is 3.57. The molecule has 0 bridgehead atoms. The molecule has 2 aliphatic heterocycles. The summed E-state index contributed by atoms with van der Waals surface area (Å²) in [5, 5.41) is 2.95. The predicted molar refractivity (Wildman–Crippen MR) is 94.0 cm³/mol. The van der Waals surface area contributed by atoms with Crippen molar-refractivity contribution >= 4 is 17.9 Å². The van der Waals surface area contributed by atoms with Crippen LogP contribution in [0.15, 0.2) is 0 Å². The summed E-state index contributed by atoms with van der Waals surface area (Å²) in [6.07, 6.45) is 4.73. The Balaban J connectivity index is 1.77. The number of hydrogen-bond acceptors (Lipinski definition) is 4. The molecule has 0 saturated carbocycles. The van der Waals surface area contributed by atoms with Gasteiger partial charge < -0.3 is 19.9 Å². The van der Waals surface area contributed by atoms with Crippen molar-refractivity contribution in [3.8, 4) is 0 Å². The molecule has 1 N–H and O–H groups in total. The quantitative estimate of drug-likeness (QED) is 0.708. The largest absolute Gasteiger partial charge is 0.450 e. The third-order valence-corrected chi connectivity index (χ3v) is 5.04. The maximum Gasteiger partial charge on any atom is 0.409 e. The molecule has 2 saturated heterocycles. The molecule has 1 atom stereocenters. The maximum absolute atomic E-state index is 12.3. The molecule has 2 aliphatic rings. The van der Waals surface area contributed by atoms with Gasteiger partial charge in [-0.25, -0.2) is 4.79 Å². The van der Waals surface area contributed by atoms with Crippen molar-refractivity contribution in [1.82, 2.24) is 15.1 Å². The summed E-state index contributed by atoms with van der Waals surface area (Å²) in [7, 11) is 0. The molecular weight excluding hydrogens is 322 g/mol. The summed E-state index contributed by atoms with van der Waals surface area (Å²) in [6.45, 7) is 6.68. The number of nitrogens with zero attached hydrogens (tertiary/aromatic N) is 2. The number of likely N-dealkylation sites (tertiary alicyclic amines) is 2.